The Balaban J connectivity index is 3.70. The van der Waals surface area contributed by atoms with E-state index in [0.29, 0.717) is 19.8 Å². The molecule has 0 saturated carbocycles. The van der Waals surface area contributed by atoms with Gasteiger partial charge in [0.15, 0.2) is 0 Å². The van der Waals surface area contributed by atoms with Gasteiger partial charge in [-0.1, -0.05) is 6.92 Å². The van der Waals surface area contributed by atoms with Crippen LogP contribution in [0.3, 0.4) is 0 Å². The van der Waals surface area contributed by atoms with Gasteiger partial charge in [-0.05, 0) is 33.2 Å². The van der Waals surface area contributed by atoms with Crippen molar-refractivity contribution in [3.05, 3.63) is 0 Å². The fourth-order valence-electron chi connectivity index (χ4n) is 1.17. The topological polar surface area (TPSA) is 61.5 Å². The molecule has 2 unspecified atom stereocenters. The van der Waals surface area contributed by atoms with Crippen LogP contribution in [0.1, 0.15) is 33.6 Å². The second-order valence-electron chi connectivity index (χ2n) is 3.74. The van der Waals surface area contributed by atoms with Gasteiger partial charge >= 0.3 is 5.97 Å². The summed E-state index contributed by atoms with van der Waals surface area (Å²) in [5, 5.41) is 0. The Morgan fingerprint density at radius 1 is 1.40 bits per heavy atom. The standard InChI is InChI=1S/C11H23NO3/c1-4-14-8-10(3)15-11(13)9(2)6-5-7-12/h9-10H,4-8,12H2,1-3H3. The van der Waals surface area contributed by atoms with Crippen LogP contribution < -0.4 is 5.73 Å². The maximum absolute atomic E-state index is 11.5. The third-order valence-electron chi connectivity index (χ3n) is 2.12. The van der Waals surface area contributed by atoms with Crippen LogP contribution in [0.2, 0.25) is 0 Å². The molecule has 0 aromatic heterocycles. The van der Waals surface area contributed by atoms with Gasteiger partial charge in [-0.15, -0.1) is 0 Å². The normalized spacial score (nSPS) is 14.7. The second kappa shape index (κ2) is 8.68. The summed E-state index contributed by atoms with van der Waals surface area (Å²) < 4.78 is 10.4. The summed E-state index contributed by atoms with van der Waals surface area (Å²) in [6, 6.07) is 0. The Labute approximate surface area is 92.1 Å². The van der Waals surface area contributed by atoms with E-state index >= 15 is 0 Å². The first-order valence-electron chi connectivity index (χ1n) is 5.60. The Morgan fingerprint density at radius 2 is 2.07 bits per heavy atom. The lowest BCUT2D eigenvalue weighted by atomic mass is 10.1. The maximum atomic E-state index is 11.5. The largest absolute Gasteiger partial charge is 0.460 e. The summed E-state index contributed by atoms with van der Waals surface area (Å²) in [5.41, 5.74) is 5.37. The molecule has 90 valence electrons. The lowest BCUT2D eigenvalue weighted by Crippen LogP contribution is -2.24. The zero-order chi connectivity index (χ0) is 11.7. The Morgan fingerprint density at radius 3 is 2.60 bits per heavy atom. The molecule has 0 rings (SSSR count). The molecule has 0 fully saturated rings. The van der Waals surface area contributed by atoms with Gasteiger partial charge in [0.05, 0.1) is 12.5 Å². The molecule has 0 saturated heterocycles. The molecule has 2 N–H and O–H groups in total. The predicted octanol–water partition coefficient (Wildman–Crippen LogP) is 1.33. The van der Waals surface area contributed by atoms with Crippen LogP contribution in [0.4, 0.5) is 0 Å². The minimum Gasteiger partial charge on any atom is -0.460 e. The van der Waals surface area contributed by atoms with Gasteiger partial charge in [0.2, 0.25) is 0 Å². The van der Waals surface area contributed by atoms with E-state index in [2.05, 4.69) is 0 Å². The number of rotatable bonds is 8. The molecule has 0 aliphatic rings. The van der Waals surface area contributed by atoms with Crippen molar-refractivity contribution in [2.24, 2.45) is 11.7 Å². The van der Waals surface area contributed by atoms with Crippen molar-refractivity contribution in [3.63, 3.8) is 0 Å². The summed E-state index contributed by atoms with van der Waals surface area (Å²) in [6.07, 6.45) is 1.48. The monoisotopic (exact) mass is 217 g/mol. The first-order chi connectivity index (χ1) is 7.11. The Bertz CT molecular complexity index is 173. The van der Waals surface area contributed by atoms with Crippen LogP contribution in [0, 0.1) is 5.92 Å². The number of esters is 1. The summed E-state index contributed by atoms with van der Waals surface area (Å²) in [4.78, 5) is 11.5. The number of hydrogen-bond acceptors (Lipinski definition) is 4. The molecular weight excluding hydrogens is 194 g/mol. The lowest BCUT2D eigenvalue weighted by Gasteiger charge is -2.16. The van der Waals surface area contributed by atoms with Crippen molar-refractivity contribution in [1.82, 2.24) is 0 Å². The number of nitrogens with two attached hydrogens (primary N) is 1. The van der Waals surface area contributed by atoms with Gasteiger partial charge < -0.3 is 15.2 Å². The van der Waals surface area contributed by atoms with E-state index in [-0.39, 0.29) is 18.0 Å². The molecule has 0 aliphatic heterocycles. The van der Waals surface area contributed by atoms with Gasteiger partial charge in [0.25, 0.3) is 0 Å². The number of carbonyl (C=O) groups excluding carboxylic acids is 1. The molecule has 0 amide bonds. The fourth-order valence-corrected chi connectivity index (χ4v) is 1.17. The summed E-state index contributed by atoms with van der Waals surface area (Å²) in [6.45, 7) is 7.34. The molecule has 0 bridgehead atoms. The smallest absolute Gasteiger partial charge is 0.308 e. The fraction of sp³-hybridized carbons (Fsp3) is 0.909. The molecule has 0 spiro atoms. The highest BCUT2D eigenvalue weighted by Crippen LogP contribution is 2.08. The minimum atomic E-state index is -0.169. The Hall–Kier alpha value is -0.610. The number of ether oxygens (including phenoxy) is 2. The highest BCUT2D eigenvalue weighted by Gasteiger charge is 2.16. The summed E-state index contributed by atoms with van der Waals surface area (Å²) >= 11 is 0. The first-order valence-corrected chi connectivity index (χ1v) is 5.60. The highest BCUT2D eigenvalue weighted by molar-refractivity contribution is 5.72. The highest BCUT2D eigenvalue weighted by atomic mass is 16.6. The van der Waals surface area contributed by atoms with Gasteiger partial charge in [-0.3, -0.25) is 4.79 Å². The molecule has 0 aromatic rings. The SMILES string of the molecule is CCOCC(C)OC(=O)C(C)CCCN. The van der Waals surface area contributed by atoms with Crippen LogP contribution in [0.25, 0.3) is 0 Å². The third kappa shape index (κ3) is 7.33. The predicted molar refractivity (Wildman–Crippen MR) is 59.5 cm³/mol. The number of hydrogen-bond donors (Lipinski definition) is 1. The van der Waals surface area contributed by atoms with Gasteiger partial charge in [-0.2, -0.15) is 0 Å². The van der Waals surface area contributed by atoms with Crippen LogP contribution >= 0.6 is 0 Å². The zero-order valence-electron chi connectivity index (χ0n) is 9.99. The molecule has 4 nitrogen and oxygen atoms in total. The minimum absolute atomic E-state index is 0.0716. The number of carbonyl (C=O) groups is 1. The van der Waals surface area contributed by atoms with Crippen molar-refractivity contribution in [2.75, 3.05) is 19.8 Å². The first kappa shape index (κ1) is 14.4. The molecule has 4 heteroatoms. The van der Waals surface area contributed by atoms with Gasteiger partial charge in [0.1, 0.15) is 6.10 Å². The zero-order valence-corrected chi connectivity index (χ0v) is 9.99. The molecule has 2 atom stereocenters. The van der Waals surface area contributed by atoms with E-state index in [1.54, 1.807) is 0 Å². The van der Waals surface area contributed by atoms with E-state index in [4.69, 9.17) is 15.2 Å². The second-order valence-corrected chi connectivity index (χ2v) is 3.74. The van der Waals surface area contributed by atoms with E-state index < -0.39 is 0 Å². The van der Waals surface area contributed by atoms with E-state index in [9.17, 15) is 4.79 Å². The quantitative estimate of drug-likeness (QED) is 0.623. The van der Waals surface area contributed by atoms with Crippen molar-refractivity contribution in [2.45, 2.75) is 39.7 Å². The average Bonchev–Trinajstić information content (AvgIpc) is 2.22. The molecule has 0 aromatic carbocycles. The molecule has 15 heavy (non-hydrogen) atoms. The van der Waals surface area contributed by atoms with E-state index in [1.807, 2.05) is 20.8 Å². The van der Waals surface area contributed by atoms with Crippen molar-refractivity contribution < 1.29 is 14.3 Å². The van der Waals surface area contributed by atoms with Crippen LogP contribution in [-0.2, 0) is 14.3 Å². The van der Waals surface area contributed by atoms with Crippen LogP contribution in [0.5, 0.6) is 0 Å². The summed E-state index contributed by atoms with van der Waals surface area (Å²) in [5.74, 6) is -0.228. The van der Waals surface area contributed by atoms with E-state index in [0.717, 1.165) is 12.8 Å². The molecule has 0 aliphatic carbocycles. The lowest BCUT2D eigenvalue weighted by molar-refractivity contribution is -0.155. The average molecular weight is 217 g/mol. The van der Waals surface area contributed by atoms with Crippen molar-refractivity contribution >= 4 is 5.97 Å². The van der Waals surface area contributed by atoms with Gasteiger partial charge in [-0.25, -0.2) is 0 Å². The van der Waals surface area contributed by atoms with Crippen LogP contribution in [0.15, 0.2) is 0 Å². The maximum Gasteiger partial charge on any atom is 0.308 e. The van der Waals surface area contributed by atoms with Gasteiger partial charge in [0, 0.05) is 6.61 Å². The molecular formula is C11H23NO3. The Kier molecular flexibility index (Phi) is 8.33. The molecule has 0 heterocycles. The molecule has 0 radical (unpaired) electrons. The van der Waals surface area contributed by atoms with E-state index in [1.165, 1.54) is 0 Å². The van der Waals surface area contributed by atoms with Crippen LogP contribution in [-0.4, -0.2) is 31.8 Å². The summed E-state index contributed by atoms with van der Waals surface area (Å²) in [7, 11) is 0. The van der Waals surface area contributed by atoms with Crippen molar-refractivity contribution in [1.29, 1.82) is 0 Å². The third-order valence-corrected chi connectivity index (χ3v) is 2.12. The van der Waals surface area contributed by atoms with Crippen molar-refractivity contribution in [3.8, 4) is 0 Å².